The molecule has 18 heavy (non-hydrogen) atoms. The molecule has 0 saturated carbocycles. The molecule has 0 saturated heterocycles. The zero-order valence-corrected chi connectivity index (χ0v) is 9.40. The molecule has 0 heterocycles. The van der Waals surface area contributed by atoms with Gasteiger partial charge in [-0.25, -0.2) is 9.59 Å². The Labute approximate surface area is 111 Å². The van der Waals surface area contributed by atoms with E-state index in [1.807, 2.05) is 0 Å². The first kappa shape index (κ1) is 7.71. The number of hydrogen-bond donors (Lipinski definition) is 2. The molecule has 2 N–H and O–H groups in total. The number of anilines is 1. The number of nitrogens with one attached hydrogen (secondary N) is 1. The van der Waals surface area contributed by atoms with Gasteiger partial charge in [0.15, 0.2) is 0 Å². The fourth-order valence-electron chi connectivity index (χ4n) is 0.926. The smallest absolute Gasteiger partial charge is 0.339 e. The van der Waals surface area contributed by atoms with Crippen LogP contribution in [0.2, 0.25) is 0 Å². The van der Waals surface area contributed by atoms with E-state index < -0.39 is 42.2 Å². The summed E-state index contributed by atoms with van der Waals surface area (Å²) in [5.41, 5.74) is -0.456. The number of carboxylic acids is 1. The van der Waals surface area contributed by atoms with E-state index in [-0.39, 0.29) is 11.3 Å². The summed E-state index contributed by atoms with van der Waals surface area (Å²) in [6.45, 7) is 0. The zero-order chi connectivity index (χ0) is 17.7. The minimum absolute atomic E-state index is 0.207. The molecular weight excluding hydrogens is 234 g/mol. The Morgan fingerprint density at radius 3 is 2.56 bits per heavy atom. The number of rotatable bonds is 5. The Bertz CT molecular complexity index is 686. The Hall–Kier alpha value is -2.56. The fourth-order valence-corrected chi connectivity index (χ4v) is 0.926. The molecule has 0 bridgehead atoms. The minimum Gasteiger partial charge on any atom is -0.478 e. The normalized spacial score (nSPS) is 15.2. The van der Waals surface area contributed by atoms with Crippen LogP contribution in [0, 0.1) is 0 Å². The predicted octanol–water partition coefficient (Wildman–Crippen LogP) is 1.80. The highest BCUT2D eigenvalue weighted by Crippen LogP contribution is 2.07. The van der Waals surface area contributed by atoms with Gasteiger partial charge in [0.05, 0.1) is 19.5 Å². The van der Waals surface area contributed by atoms with Crippen molar-refractivity contribution in [1.82, 2.24) is 0 Å². The number of carbonyl (C=O) groups excluding carboxylic acids is 1. The van der Waals surface area contributed by atoms with Gasteiger partial charge in [0.25, 0.3) is 0 Å². The van der Waals surface area contributed by atoms with E-state index in [2.05, 4.69) is 10.1 Å². The number of methoxy groups -OCH3 is 1. The van der Waals surface area contributed by atoms with E-state index >= 15 is 0 Å². The lowest BCUT2D eigenvalue weighted by Crippen LogP contribution is -2.05. The molecule has 94 valence electrons. The molecule has 1 rings (SSSR count). The summed E-state index contributed by atoms with van der Waals surface area (Å²) in [5.74, 6) is -2.15. The third-order valence-corrected chi connectivity index (χ3v) is 1.70. The molecular formula is C13H13NO4. The second-order valence-corrected chi connectivity index (χ2v) is 2.91. The lowest BCUT2D eigenvalue weighted by molar-refractivity contribution is -0.135. The summed E-state index contributed by atoms with van der Waals surface area (Å²) in [6.07, 6.45) is 2.65. The van der Waals surface area contributed by atoms with Crippen LogP contribution >= 0.6 is 0 Å². The maximum absolute atomic E-state index is 11.5. The summed E-state index contributed by atoms with van der Waals surface area (Å²) >= 11 is 0. The third kappa shape index (κ3) is 4.52. The van der Waals surface area contributed by atoms with E-state index in [1.54, 1.807) is 0 Å². The average molecular weight is 252 g/mol. The van der Waals surface area contributed by atoms with Crippen LogP contribution in [0.15, 0.2) is 54.1 Å². The molecule has 1 aromatic carbocycles. The number of ether oxygens (including phenoxy) is 1. The Morgan fingerprint density at radius 1 is 1.33 bits per heavy atom. The highest BCUT2D eigenvalue weighted by Gasteiger charge is 2.06. The number of carbonyl (C=O) groups is 2. The summed E-state index contributed by atoms with van der Waals surface area (Å²) < 4.78 is 42.4. The lowest BCUT2D eigenvalue weighted by Gasteiger charge is -2.03. The molecule has 0 radical (unpaired) electrons. The van der Waals surface area contributed by atoms with Crippen LogP contribution in [0.3, 0.4) is 0 Å². The number of aliphatic carboxylic acids is 1. The first-order chi connectivity index (χ1) is 10.7. The molecule has 0 fully saturated rings. The quantitative estimate of drug-likeness (QED) is 0.475. The van der Waals surface area contributed by atoms with Crippen molar-refractivity contribution in [3.05, 3.63) is 54.1 Å². The van der Waals surface area contributed by atoms with Crippen LogP contribution in [-0.2, 0) is 14.3 Å². The molecule has 0 aromatic heterocycles. The van der Waals surface area contributed by atoms with E-state index in [0.717, 1.165) is 19.4 Å². The van der Waals surface area contributed by atoms with Gasteiger partial charge in [-0.2, -0.15) is 0 Å². The molecule has 1 aromatic rings. The van der Waals surface area contributed by atoms with Crippen molar-refractivity contribution in [2.45, 2.75) is 0 Å². The molecule has 0 spiro atoms. The summed E-state index contributed by atoms with van der Waals surface area (Å²) in [4.78, 5) is 22.0. The molecule has 0 amide bonds. The van der Waals surface area contributed by atoms with Crippen molar-refractivity contribution in [3.8, 4) is 0 Å². The van der Waals surface area contributed by atoms with E-state index in [0.29, 0.717) is 6.08 Å². The Kier molecular flexibility index (Phi) is 2.95. The van der Waals surface area contributed by atoms with Gasteiger partial charge >= 0.3 is 11.9 Å². The second kappa shape index (κ2) is 6.90. The topological polar surface area (TPSA) is 75.6 Å². The lowest BCUT2D eigenvalue weighted by atomic mass is 10.2. The van der Waals surface area contributed by atoms with Gasteiger partial charge in [0.1, 0.15) is 0 Å². The number of hydrogen-bond acceptors (Lipinski definition) is 4. The van der Waals surface area contributed by atoms with Crippen molar-refractivity contribution < 1.29 is 26.3 Å². The van der Waals surface area contributed by atoms with E-state index in [1.165, 1.54) is 0 Å². The molecule has 5 heteroatoms. The van der Waals surface area contributed by atoms with E-state index in [4.69, 9.17) is 12.0 Å². The SMILES string of the molecule is [2H]c1c([2H])c([2H])c(NC=C(C=CC(=O)O)C(=O)OC)c([2H])c1[2H]. The van der Waals surface area contributed by atoms with Crippen molar-refractivity contribution in [1.29, 1.82) is 0 Å². The van der Waals surface area contributed by atoms with Gasteiger partial charge in [0.2, 0.25) is 0 Å². The molecule has 5 nitrogen and oxygen atoms in total. The van der Waals surface area contributed by atoms with Crippen LogP contribution in [0.1, 0.15) is 6.85 Å². The molecule has 0 aliphatic carbocycles. The van der Waals surface area contributed by atoms with Crippen LogP contribution in [0.4, 0.5) is 5.69 Å². The molecule has 0 aliphatic heterocycles. The minimum atomic E-state index is -1.29. The predicted molar refractivity (Wildman–Crippen MR) is 66.9 cm³/mol. The fraction of sp³-hybridized carbons (Fsp3) is 0.0769. The van der Waals surface area contributed by atoms with Crippen molar-refractivity contribution >= 4 is 17.6 Å². The van der Waals surface area contributed by atoms with Gasteiger partial charge in [-0.15, -0.1) is 0 Å². The summed E-state index contributed by atoms with van der Waals surface area (Å²) in [5, 5.41) is 11.0. The maximum atomic E-state index is 11.5. The third-order valence-electron chi connectivity index (χ3n) is 1.70. The monoisotopic (exact) mass is 252 g/mol. The van der Waals surface area contributed by atoms with Crippen LogP contribution in [0.25, 0.3) is 0 Å². The van der Waals surface area contributed by atoms with Crippen LogP contribution < -0.4 is 5.32 Å². The standard InChI is InChI=1S/C13H13NO4/c1-18-13(17)10(7-8-12(15)16)9-14-11-5-3-2-4-6-11/h2-9,14H,1H3,(H,15,16)/i2D,3D,4D,5D,6D. The van der Waals surface area contributed by atoms with Crippen molar-refractivity contribution in [2.75, 3.05) is 12.4 Å². The van der Waals surface area contributed by atoms with Crippen LogP contribution in [0.5, 0.6) is 0 Å². The van der Waals surface area contributed by atoms with E-state index in [9.17, 15) is 9.59 Å². The molecule has 0 aliphatic rings. The summed E-state index contributed by atoms with van der Waals surface area (Å²) in [6, 6.07) is -2.60. The number of benzene rings is 1. The van der Waals surface area contributed by atoms with Gasteiger partial charge in [-0.1, -0.05) is 18.1 Å². The largest absolute Gasteiger partial charge is 0.478 e. The highest BCUT2D eigenvalue weighted by molar-refractivity contribution is 5.94. The van der Waals surface area contributed by atoms with Crippen molar-refractivity contribution in [3.63, 3.8) is 0 Å². The highest BCUT2D eigenvalue weighted by atomic mass is 16.5. The number of carboxylic acid groups (broad SMARTS) is 1. The zero-order valence-electron chi connectivity index (χ0n) is 14.4. The van der Waals surface area contributed by atoms with Crippen LogP contribution in [-0.4, -0.2) is 24.2 Å². The summed E-state index contributed by atoms with van der Waals surface area (Å²) in [7, 11) is 1.09. The Morgan fingerprint density at radius 2 is 2.00 bits per heavy atom. The Balaban J connectivity index is 3.29. The second-order valence-electron chi connectivity index (χ2n) is 2.91. The molecule has 0 unspecified atom stereocenters. The van der Waals surface area contributed by atoms with Gasteiger partial charge in [-0.3, -0.25) is 0 Å². The van der Waals surface area contributed by atoms with Gasteiger partial charge in [-0.05, 0) is 18.2 Å². The van der Waals surface area contributed by atoms with Gasteiger partial charge < -0.3 is 15.2 Å². The van der Waals surface area contributed by atoms with Crippen molar-refractivity contribution in [2.24, 2.45) is 0 Å². The molecule has 0 atom stereocenters. The number of para-hydroxylation sites is 1. The first-order valence-corrected chi connectivity index (χ1v) is 4.73. The maximum Gasteiger partial charge on any atom is 0.339 e. The first-order valence-electron chi connectivity index (χ1n) is 7.23. The average Bonchev–Trinajstić information content (AvgIpc) is 2.52. The number of esters is 1. The van der Waals surface area contributed by atoms with Gasteiger partial charge in [0, 0.05) is 18.0 Å².